The van der Waals surface area contributed by atoms with Gasteiger partial charge in [-0.1, -0.05) is 55.2 Å². The van der Waals surface area contributed by atoms with Gasteiger partial charge in [0, 0.05) is 16.9 Å². The fourth-order valence-electron chi connectivity index (χ4n) is 2.44. The van der Waals surface area contributed by atoms with Crippen LogP contribution in [-0.4, -0.2) is 5.91 Å². The number of hydrogen-bond acceptors (Lipinski definition) is 3. The van der Waals surface area contributed by atoms with E-state index in [0.717, 1.165) is 16.8 Å². The minimum Gasteiger partial charge on any atom is -0.360 e. The van der Waals surface area contributed by atoms with E-state index < -0.39 is 5.91 Å². The van der Waals surface area contributed by atoms with E-state index in [2.05, 4.69) is 24.5 Å². The Hall–Kier alpha value is -2.48. The molecule has 4 nitrogen and oxygen atoms in total. The van der Waals surface area contributed by atoms with Gasteiger partial charge in [0.2, 0.25) is 0 Å². The summed E-state index contributed by atoms with van der Waals surface area (Å²) in [4.78, 5) is 12.4. The van der Waals surface area contributed by atoms with Crippen molar-refractivity contribution in [1.82, 2.24) is 0 Å². The van der Waals surface area contributed by atoms with Gasteiger partial charge in [-0.05, 0) is 42.2 Å². The molecule has 2 aromatic carbocycles. The summed E-state index contributed by atoms with van der Waals surface area (Å²) in [5.41, 5.74) is 3.37. The Morgan fingerprint density at radius 3 is 2.58 bits per heavy atom. The molecule has 0 bridgehead atoms. The number of nitriles is 1. The number of hydrogen-bond donors (Lipinski definition) is 2. The Labute approximate surface area is 163 Å². The van der Waals surface area contributed by atoms with Gasteiger partial charge < -0.3 is 10.6 Å². The molecule has 2 aromatic rings. The monoisotopic (exact) mass is 387 g/mol. The lowest BCUT2D eigenvalue weighted by molar-refractivity contribution is -0.112. The van der Waals surface area contributed by atoms with Crippen LogP contribution in [0, 0.1) is 18.3 Å². The molecule has 2 rings (SSSR count). The fraction of sp³-hybridized carbons (Fsp3) is 0.200. The number of amides is 1. The first kappa shape index (κ1) is 19.8. The highest BCUT2D eigenvalue weighted by Gasteiger charge is 2.13. The number of nitrogens with one attached hydrogen (secondary N) is 2. The second kappa shape index (κ2) is 8.75. The average molecular weight is 388 g/mol. The minimum absolute atomic E-state index is 0.0611. The maximum Gasteiger partial charge on any atom is 0.267 e. The van der Waals surface area contributed by atoms with E-state index in [0.29, 0.717) is 21.7 Å². The van der Waals surface area contributed by atoms with Crippen LogP contribution < -0.4 is 10.6 Å². The van der Waals surface area contributed by atoms with Gasteiger partial charge in [-0.25, -0.2) is 0 Å². The van der Waals surface area contributed by atoms with Crippen LogP contribution in [0.25, 0.3) is 0 Å². The van der Waals surface area contributed by atoms with Gasteiger partial charge in [0.05, 0.1) is 10.7 Å². The van der Waals surface area contributed by atoms with Crippen molar-refractivity contribution in [3.8, 4) is 6.07 Å². The van der Waals surface area contributed by atoms with Crippen molar-refractivity contribution in [2.75, 3.05) is 10.6 Å². The molecular weight excluding hydrogens is 369 g/mol. The molecule has 26 heavy (non-hydrogen) atoms. The molecule has 0 aliphatic rings. The number of aryl methyl sites for hydroxylation is 1. The van der Waals surface area contributed by atoms with Gasteiger partial charge in [-0.15, -0.1) is 0 Å². The first-order valence-corrected chi connectivity index (χ1v) is 8.81. The van der Waals surface area contributed by atoms with Crippen LogP contribution in [0.1, 0.15) is 30.9 Å². The maximum atomic E-state index is 12.4. The Balaban J connectivity index is 2.23. The lowest BCUT2D eigenvalue weighted by Gasteiger charge is -2.15. The zero-order valence-electron chi connectivity index (χ0n) is 14.7. The summed E-state index contributed by atoms with van der Waals surface area (Å²) in [6.07, 6.45) is 1.41. The summed E-state index contributed by atoms with van der Waals surface area (Å²) in [5.74, 6) is -0.248. The Morgan fingerprint density at radius 1 is 1.23 bits per heavy atom. The third kappa shape index (κ3) is 4.78. The second-order valence-corrected chi connectivity index (χ2v) is 6.93. The highest BCUT2D eigenvalue weighted by Crippen LogP contribution is 2.28. The number of carbonyl (C=O) groups is 1. The van der Waals surface area contributed by atoms with Crippen molar-refractivity contribution in [1.29, 1.82) is 5.26 Å². The molecule has 0 aliphatic heterocycles. The van der Waals surface area contributed by atoms with Crippen molar-refractivity contribution in [3.63, 3.8) is 0 Å². The number of anilines is 2. The lowest BCUT2D eigenvalue weighted by atomic mass is 9.98. The number of para-hydroxylation sites is 1. The minimum atomic E-state index is -0.552. The lowest BCUT2D eigenvalue weighted by Crippen LogP contribution is -2.15. The number of benzene rings is 2. The molecule has 6 heteroatoms. The highest BCUT2D eigenvalue weighted by molar-refractivity contribution is 6.36. The van der Waals surface area contributed by atoms with Gasteiger partial charge in [-0.3, -0.25) is 4.79 Å². The summed E-state index contributed by atoms with van der Waals surface area (Å²) < 4.78 is 0. The quantitative estimate of drug-likeness (QED) is 0.496. The van der Waals surface area contributed by atoms with Crippen molar-refractivity contribution in [3.05, 3.63) is 69.3 Å². The summed E-state index contributed by atoms with van der Waals surface area (Å²) in [5, 5.41) is 15.8. The van der Waals surface area contributed by atoms with E-state index in [1.165, 1.54) is 12.3 Å². The van der Waals surface area contributed by atoms with E-state index in [9.17, 15) is 10.1 Å². The topological polar surface area (TPSA) is 64.9 Å². The molecule has 0 heterocycles. The molecule has 134 valence electrons. The first-order chi connectivity index (χ1) is 12.3. The molecule has 0 aromatic heterocycles. The van der Waals surface area contributed by atoms with Crippen molar-refractivity contribution in [2.45, 2.75) is 26.7 Å². The normalized spacial score (nSPS) is 11.2. The number of nitrogens with zero attached hydrogens (tertiary/aromatic N) is 1. The molecule has 0 aliphatic carbocycles. The Morgan fingerprint density at radius 2 is 1.96 bits per heavy atom. The van der Waals surface area contributed by atoms with Crippen LogP contribution in [-0.2, 0) is 4.79 Å². The molecule has 0 radical (unpaired) electrons. The average Bonchev–Trinajstić information content (AvgIpc) is 2.58. The van der Waals surface area contributed by atoms with Crippen LogP contribution >= 0.6 is 23.2 Å². The predicted octanol–water partition coefficient (Wildman–Crippen LogP) is 5.88. The van der Waals surface area contributed by atoms with Crippen molar-refractivity contribution < 1.29 is 4.79 Å². The maximum absolute atomic E-state index is 12.4. The zero-order chi connectivity index (χ0) is 19.3. The Bertz CT molecular complexity index is 898. The summed E-state index contributed by atoms with van der Waals surface area (Å²) in [6.45, 7) is 6.15. The molecule has 1 amide bonds. The van der Waals surface area contributed by atoms with Crippen LogP contribution in [0.4, 0.5) is 11.4 Å². The standard InChI is InChI=1S/C20H19Cl2N3O/c1-12(2)16-6-4-5-13(3)19(16)24-11-14(10-23)20(26)25-18-8-7-15(21)9-17(18)22/h4-9,11-12,24H,1-3H3,(H,25,26)/b14-11-. The zero-order valence-corrected chi connectivity index (χ0v) is 16.2. The van der Waals surface area contributed by atoms with Crippen molar-refractivity contribution >= 4 is 40.5 Å². The number of rotatable bonds is 5. The smallest absolute Gasteiger partial charge is 0.267 e. The SMILES string of the molecule is Cc1cccc(C(C)C)c1N/C=C(/C#N)C(=O)Nc1ccc(Cl)cc1Cl. The van der Waals surface area contributed by atoms with Gasteiger partial charge in [0.25, 0.3) is 5.91 Å². The third-order valence-corrected chi connectivity index (χ3v) is 4.38. The van der Waals surface area contributed by atoms with Crippen LogP contribution in [0.5, 0.6) is 0 Å². The summed E-state index contributed by atoms with van der Waals surface area (Å²) in [7, 11) is 0. The number of halogens is 2. The molecule has 0 unspecified atom stereocenters. The molecule has 2 N–H and O–H groups in total. The van der Waals surface area contributed by atoms with E-state index in [4.69, 9.17) is 23.2 Å². The summed E-state index contributed by atoms with van der Waals surface area (Å²) in [6, 6.07) is 12.6. The van der Waals surface area contributed by atoms with Crippen LogP contribution in [0.2, 0.25) is 10.0 Å². The molecule has 0 atom stereocenters. The molecular formula is C20H19Cl2N3O. The van der Waals surface area contributed by atoms with Crippen molar-refractivity contribution in [2.24, 2.45) is 0 Å². The first-order valence-electron chi connectivity index (χ1n) is 8.06. The van der Waals surface area contributed by atoms with E-state index in [-0.39, 0.29) is 5.57 Å². The third-order valence-electron chi connectivity index (χ3n) is 3.83. The predicted molar refractivity (Wildman–Crippen MR) is 108 cm³/mol. The second-order valence-electron chi connectivity index (χ2n) is 6.09. The van der Waals surface area contributed by atoms with Crippen LogP contribution in [0.3, 0.4) is 0 Å². The van der Waals surface area contributed by atoms with Gasteiger partial charge in [-0.2, -0.15) is 5.26 Å². The molecule has 0 saturated heterocycles. The van der Waals surface area contributed by atoms with E-state index >= 15 is 0 Å². The van der Waals surface area contributed by atoms with Gasteiger partial charge >= 0.3 is 0 Å². The molecule has 0 fully saturated rings. The summed E-state index contributed by atoms with van der Waals surface area (Å²) >= 11 is 11.9. The van der Waals surface area contributed by atoms with Gasteiger partial charge in [0.1, 0.15) is 11.6 Å². The molecule has 0 saturated carbocycles. The van der Waals surface area contributed by atoms with E-state index in [1.807, 2.05) is 31.2 Å². The van der Waals surface area contributed by atoms with E-state index in [1.54, 1.807) is 12.1 Å². The number of carbonyl (C=O) groups excluding carboxylic acids is 1. The van der Waals surface area contributed by atoms with Gasteiger partial charge in [0.15, 0.2) is 0 Å². The highest BCUT2D eigenvalue weighted by atomic mass is 35.5. The molecule has 0 spiro atoms. The Kier molecular flexibility index (Phi) is 6.68. The fourth-order valence-corrected chi connectivity index (χ4v) is 2.90. The largest absolute Gasteiger partial charge is 0.360 e. The van der Waals surface area contributed by atoms with Crippen LogP contribution in [0.15, 0.2) is 48.2 Å².